The van der Waals surface area contributed by atoms with Crippen LogP contribution in [-0.2, 0) is 9.84 Å². The molecular formula is C11H15FO3S. The van der Waals surface area contributed by atoms with Crippen molar-refractivity contribution in [2.45, 2.75) is 30.4 Å². The first-order valence-electron chi connectivity index (χ1n) is 4.77. The van der Waals surface area contributed by atoms with Crippen molar-refractivity contribution in [2.75, 3.05) is 7.11 Å². The maximum Gasteiger partial charge on any atom is 0.183 e. The van der Waals surface area contributed by atoms with Gasteiger partial charge in [-0.1, -0.05) is 0 Å². The summed E-state index contributed by atoms with van der Waals surface area (Å²) in [6, 6.07) is 3.47. The summed E-state index contributed by atoms with van der Waals surface area (Å²) in [5.74, 6) is -0.426. The lowest BCUT2D eigenvalue weighted by molar-refractivity contribution is 0.409. The second-order valence-corrected chi connectivity index (χ2v) is 7.15. The predicted molar refractivity (Wildman–Crippen MR) is 59.9 cm³/mol. The van der Waals surface area contributed by atoms with E-state index in [0.29, 0.717) is 0 Å². The van der Waals surface area contributed by atoms with Crippen LogP contribution in [0.15, 0.2) is 23.1 Å². The van der Waals surface area contributed by atoms with Crippen LogP contribution in [-0.4, -0.2) is 20.3 Å². The van der Waals surface area contributed by atoms with E-state index in [1.165, 1.54) is 13.2 Å². The van der Waals surface area contributed by atoms with Crippen molar-refractivity contribution < 1.29 is 17.5 Å². The molecule has 0 aliphatic rings. The van der Waals surface area contributed by atoms with E-state index in [1.807, 2.05) is 0 Å². The fraction of sp³-hybridized carbons (Fsp3) is 0.455. The van der Waals surface area contributed by atoms with Gasteiger partial charge in [0.1, 0.15) is 11.6 Å². The summed E-state index contributed by atoms with van der Waals surface area (Å²) in [5.41, 5.74) is 0. The van der Waals surface area contributed by atoms with Crippen LogP contribution in [0.2, 0.25) is 0 Å². The van der Waals surface area contributed by atoms with Crippen LogP contribution in [0, 0.1) is 5.82 Å². The molecule has 1 rings (SSSR count). The fourth-order valence-electron chi connectivity index (χ4n) is 1.16. The summed E-state index contributed by atoms with van der Waals surface area (Å²) < 4.78 is 41.2. The minimum Gasteiger partial charge on any atom is -0.497 e. The molecule has 0 aliphatic carbocycles. The number of halogens is 1. The Bertz CT molecular complexity index is 486. The highest BCUT2D eigenvalue weighted by Gasteiger charge is 2.31. The standard InChI is InChI=1S/C11H15FO3S/c1-11(2,3)16(13,14)10-6-8(12)5-9(7-10)15-4/h5-7H,1-4H3. The molecule has 0 atom stereocenters. The van der Waals surface area contributed by atoms with Gasteiger partial charge in [0, 0.05) is 6.07 Å². The molecule has 0 saturated heterocycles. The zero-order valence-corrected chi connectivity index (χ0v) is 10.6. The number of methoxy groups -OCH3 is 1. The molecule has 0 aromatic heterocycles. The molecule has 1 aromatic rings. The number of hydrogen-bond donors (Lipinski definition) is 0. The average Bonchev–Trinajstić information content (AvgIpc) is 2.15. The van der Waals surface area contributed by atoms with Crippen LogP contribution in [0.5, 0.6) is 5.75 Å². The number of benzene rings is 1. The predicted octanol–water partition coefficient (Wildman–Crippen LogP) is 2.41. The smallest absolute Gasteiger partial charge is 0.183 e. The summed E-state index contributed by atoms with van der Waals surface area (Å²) in [5, 5.41) is 0. The first kappa shape index (κ1) is 13.0. The summed E-state index contributed by atoms with van der Waals surface area (Å²) in [6.45, 7) is 4.71. The molecule has 0 unspecified atom stereocenters. The maximum atomic E-state index is 13.2. The van der Waals surface area contributed by atoms with Gasteiger partial charge in [-0.25, -0.2) is 12.8 Å². The Labute approximate surface area is 95.2 Å². The van der Waals surface area contributed by atoms with Crippen molar-refractivity contribution in [1.82, 2.24) is 0 Å². The molecular weight excluding hydrogens is 231 g/mol. The summed E-state index contributed by atoms with van der Waals surface area (Å²) in [4.78, 5) is -0.0585. The van der Waals surface area contributed by atoms with E-state index < -0.39 is 20.4 Å². The van der Waals surface area contributed by atoms with Crippen LogP contribution in [0.1, 0.15) is 20.8 Å². The van der Waals surface area contributed by atoms with E-state index in [-0.39, 0.29) is 10.6 Å². The van der Waals surface area contributed by atoms with E-state index in [4.69, 9.17) is 4.74 Å². The molecule has 1 aromatic carbocycles. The zero-order chi connectivity index (χ0) is 12.6. The van der Waals surface area contributed by atoms with Crippen LogP contribution >= 0.6 is 0 Å². The van der Waals surface area contributed by atoms with Crippen molar-refractivity contribution in [1.29, 1.82) is 0 Å². The van der Waals surface area contributed by atoms with E-state index in [2.05, 4.69) is 0 Å². The minimum absolute atomic E-state index is 0.0585. The molecule has 5 heteroatoms. The number of rotatable bonds is 2. The van der Waals surface area contributed by atoms with Crippen molar-refractivity contribution in [2.24, 2.45) is 0 Å². The Morgan fingerprint density at radius 2 is 1.75 bits per heavy atom. The highest BCUT2D eigenvalue weighted by atomic mass is 32.2. The van der Waals surface area contributed by atoms with Gasteiger partial charge >= 0.3 is 0 Å². The van der Waals surface area contributed by atoms with Gasteiger partial charge in [-0.3, -0.25) is 0 Å². The van der Waals surface area contributed by atoms with Gasteiger partial charge in [-0.2, -0.15) is 0 Å². The van der Waals surface area contributed by atoms with Gasteiger partial charge in [0.15, 0.2) is 9.84 Å². The summed E-state index contributed by atoms with van der Waals surface area (Å²) in [6.07, 6.45) is 0. The number of hydrogen-bond acceptors (Lipinski definition) is 3. The van der Waals surface area contributed by atoms with E-state index >= 15 is 0 Å². The first-order valence-corrected chi connectivity index (χ1v) is 6.26. The number of sulfone groups is 1. The monoisotopic (exact) mass is 246 g/mol. The quantitative estimate of drug-likeness (QED) is 0.804. The SMILES string of the molecule is COc1cc(F)cc(S(=O)(=O)C(C)(C)C)c1. The van der Waals surface area contributed by atoms with Gasteiger partial charge in [-0.05, 0) is 32.9 Å². The Morgan fingerprint density at radius 3 is 2.19 bits per heavy atom. The molecule has 0 amide bonds. The highest BCUT2D eigenvalue weighted by Crippen LogP contribution is 2.28. The van der Waals surface area contributed by atoms with E-state index in [9.17, 15) is 12.8 Å². The van der Waals surface area contributed by atoms with Crippen LogP contribution < -0.4 is 4.74 Å². The van der Waals surface area contributed by atoms with Crippen LogP contribution in [0.3, 0.4) is 0 Å². The van der Waals surface area contributed by atoms with Gasteiger partial charge in [0.2, 0.25) is 0 Å². The van der Waals surface area contributed by atoms with Crippen molar-refractivity contribution in [3.05, 3.63) is 24.0 Å². The zero-order valence-electron chi connectivity index (χ0n) is 9.74. The second kappa shape index (κ2) is 4.05. The third-order valence-corrected chi connectivity index (χ3v) is 4.67. The minimum atomic E-state index is -3.55. The fourth-order valence-corrected chi connectivity index (χ4v) is 2.41. The van der Waals surface area contributed by atoms with Crippen molar-refractivity contribution in [3.8, 4) is 5.75 Å². The third-order valence-electron chi connectivity index (χ3n) is 2.20. The normalized spacial score (nSPS) is 12.6. The van der Waals surface area contributed by atoms with Crippen LogP contribution in [0.4, 0.5) is 4.39 Å². The van der Waals surface area contributed by atoms with E-state index in [1.54, 1.807) is 20.8 Å². The van der Waals surface area contributed by atoms with E-state index in [0.717, 1.165) is 12.1 Å². The van der Waals surface area contributed by atoms with Gasteiger partial charge in [0.05, 0.1) is 16.8 Å². The molecule has 0 heterocycles. The topological polar surface area (TPSA) is 43.4 Å². The number of ether oxygens (including phenoxy) is 1. The van der Waals surface area contributed by atoms with Gasteiger partial charge < -0.3 is 4.74 Å². The van der Waals surface area contributed by atoms with Crippen LogP contribution in [0.25, 0.3) is 0 Å². The third kappa shape index (κ3) is 2.35. The molecule has 0 aliphatic heterocycles. The molecule has 0 saturated carbocycles. The Hall–Kier alpha value is -1.10. The Kier molecular flexibility index (Phi) is 3.28. The van der Waals surface area contributed by atoms with Crippen molar-refractivity contribution >= 4 is 9.84 Å². The molecule has 0 fully saturated rings. The lowest BCUT2D eigenvalue weighted by atomic mass is 10.3. The highest BCUT2D eigenvalue weighted by molar-refractivity contribution is 7.92. The second-order valence-electron chi connectivity index (χ2n) is 4.44. The molecule has 3 nitrogen and oxygen atoms in total. The molecule has 0 N–H and O–H groups in total. The molecule has 16 heavy (non-hydrogen) atoms. The Morgan fingerprint density at radius 1 is 1.19 bits per heavy atom. The molecule has 90 valence electrons. The van der Waals surface area contributed by atoms with Gasteiger partial charge in [-0.15, -0.1) is 0 Å². The molecule has 0 spiro atoms. The summed E-state index contributed by atoms with van der Waals surface area (Å²) in [7, 11) is -2.19. The lowest BCUT2D eigenvalue weighted by Crippen LogP contribution is -2.28. The first-order chi connectivity index (χ1) is 7.18. The largest absolute Gasteiger partial charge is 0.497 e. The Balaban J connectivity index is 3.40. The summed E-state index contributed by atoms with van der Waals surface area (Å²) >= 11 is 0. The van der Waals surface area contributed by atoms with Crippen molar-refractivity contribution in [3.63, 3.8) is 0 Å². The lowest BCUT2D eigenvalue weighted by Gasteiger charge is -2.19. The molecule has 0 radical (unpaired) electrons. The average molecular weight is 246 g/mol. The molecule has 0 bridgehead atoms. The maximum absolute atomic E-state index is 13.2. The van der Waals surface area contributed by atoms with Gasteiger partial charge in [0.25, 0.3) is 0 Å².